The molecule has 1 heterocycles. The van der Waals surface area contributed by atoms with Crippen LogP contribution in [-0.4, -0.2) is 0 Å². The van der Waals surface area contributed by atoms with Crippen LogP contribution in [0.15, 0.2) is 253 Å². The maximum Gasteiger partial charge on any atom is 0.143 e. The summed E-state index contributed by atoms with van der Waals surface area (Å²) in [5.41, 5.74) is 16.5. The molecule has 12 aromatic rings. The van der Waals surface area contributed by atoms with Gasteiger partial charge < -0.3 is 9.32 Å². The zero-order valence-electron chi connectivity index (χ0n) is 35.0. The van der Waals surface area contributed by atoms with E-state index in [1.807, 2.05) is 0 Å². The van der Waals surface area contributed by atoms with E-state index in [4.69, 9.17) is 4.42 Å². The highest BCUT2D eigenvalue weighted by molar-refractivity contribution is 6.22. The average Bonchev–Trinajstić information content (AvgIpc) is 3.76. The van der Waals surface area contributed by atoms with Crippen LogP contribution in [0.3, 0.4) is 0 Å². The van der Waals surface area contributed by atoms with E-state index in [9.17, 15) is 0 Å². The zero-order chi connectivity index (χ0) is 42.4. The highest BCUT2D eigenvalue weighted by atomic mass is 16.3. The molecular formula is C62H41NO. The molecule has 0 amide bonds. The summed E-state index contributed by atoms with van der Waals surface area (Å²) < 4.78 is 7.29. The summed E-state index contributed by atoms with van der Waals surface area (Å²) in [6.07, 6.45) is 0. The van der Waals surface area contributed by atoms with Crippen LogP contribution in [-0.2, 0) is 0 Å². The summed E-state index contributed by atoms with van der Waals surface area (Å²) in [5, 5.41) is 6.72. The molecule has 64 heavy (non-hydrogen) atoms. The Kier molecular flexibility index (Phi) is 9.20. The van der Waals surface area contributed by atoms with Gasteiger partial charge >= 0.3 is 0 Å². The van der Waals surface area contributed by atoms with Gasteiger partial charge in [-0.05, 0) is 115 Å². The molecule has 0 aliphatic rings. The van der Waals surface area contributed by atoms with Crippen molar-refractivity contribution in [3.05, 3.63) is 249 Å². The van der Waals surface area contributed by atoms with Crippen LogP contribution in [0.1, 0.15) is 0 Å². The molecule has 0 unspecified atom stereocenters. The molecule has 11 aromatic carbocycles. The Bertz CT molecular complexity index is 3570. The normalized spacial score (nSPS) is 11.4. The zero-order valence-corrected chi connectivity index (χ0v) is 35.0. The Labute approximate surface area is 372 Å². The summed E-state index contributed by atoms with van der Waals surface area (Å²) in [7, 11) is 0. The Morgan fingerprint density at radius 3 is 1.39 bits per heavy atom. The van der Waals surface area contributed by atoms with Gasteiger partial charge in [0.25, 0.3) is 0 Å². The van der Waals surface area contributed by atoms with Crippen molar-refractivity contribution in [2.75, 3.05) is 4.90 Å². The highest BCUT2D eigenvalue weighted by Crippen LogP contribution is 2.49. The van der Waals surface area contributed by atoms with Crippen molar-refractivity contribution in [3.63, 3.8) is 0 Å². The quantitative estimate of drug-likeness (QED) is 0.152. The van der Waals surface area contributed by atoms with E-state index < -0.39 is 0 Å². The molecule has 0 atom stereocenters. The molecule has 0 radical (unpaired) electrons. The molecule has 0 fully saturated rings. The predicted molar refractivity (Wildman–Crippen MR) is 271 cm³/mol. The summed E-state index contributed by atoms with van der Waals surface area (Å²) in [4.78, 5) is 2.41. The van der Waals surface area contributed by atoms with Gasteiger partial charge in [-0.25, -0.2) is 0 Å². The minimum Gasteiger partial charge on any atom is -0.455 e. The van der Waals surface area contributed by atoms with Crippen LogP contribution in [0.2, 0.25) is 0 Å². The molecule has 2 heteroatoms. The van der Waals surface area contributed by atoms with E-state index >= 15 is 0 Å². The standard InChI is InChI=1S/C62H41NO/c1-5-17-42(18-6-1)46-29-32-52(33-30-46)63(53-34-31-45-23-13-14-26-48(45)40-53)59-41-58-57-36-35-54(51-38-49(43-19-7-2-8-20-43)37-50(39-51)44-21-9-3-10-22-44)60(47-24-11-4-12-25-47)62(57)64-61(58)56-28-16-15-27-55(56)59/h1-41H. The van der Waals surface area contributed by atoms with E-state index in [1.165, 1.54) is 44.2 Å². The van der Waals surface area contributed by atoms with Gasteiger partial charge in [0.1, 0.15) is 11.2 Å². The second-order valence-corrected chi connectivity index (χ2v) is 16.5. The van der Waals surface area contributed by atoms with Gasteiger partial charge in [0.2, 0.25) is 0 Å². The van der Waals surface area contributed by atoms with Crippen molar-refractivity contribution < 1.29 is 4.42 Å². The number of rotatable bonds is 8. The number of nitrogens with zero attached hydrogens (tertiary/aromatic N) is 1. The molecule has 0 bridgehead atoms. The fraction of sp³-hybridized carbons (Fsp3) is 0. The fourth-order valence-corrected chi connectivity index (χ4v) is 9.51. The van der Waals surface area contributed by atoms with Gasteiger partial charge in [0.15, 0.2) is 0 Å². The minimum absolute atomic E-state index is 0.872. The topological polar surface area (TPSA) is 16.4 Å². The first kappa shape index (κ1) is 37.3. The largest absolute Gasteiger partial charge is 0.455 e. The summed E-state index contributed by atoms with van der Waals surface area (Å²) in [6, 6.07) is 89.6. The third kappa shape index (κ3) is 6.61. The molecular weight excluding hydrogens is 775 g/mol. The molecule has 1 aromatic heterocycles. The lowest BCUT2D eigenvalue weighted by Gasteiger charge is -2.27. The molecule has 0 saturated heterocycles. The lowest BCUT2D eigenvalue weighted by atomic mass is 9.88. The first-order valence-corrected chi connectivity index (χ1v) is 21.9. The Hall–Kier alpha value is -8.46. The predicted octanol–water partition coefficient (Wildman–Crippen LogP) is 17.7. The van der Waals surface area contributed by atoms with Crippen molar-refractivity contribution in [3.8, 4) is 55.6 Å². The van der Waals surface area contributed by atoms with Crippen molar-refractivity contribution in [2.45, 2.75) is 0 Å². The molecule has 2 nitrogen and oxygen atoms in total. The summed E-state index contributed by atoms with van der Waals surface area (Å²) in [5.74, 6) is 0. The van der Waals surface area contributed by atoms with Crippen LogP contribution in [0.5, 0.6) is 0 Å². The third-order valence-electron chi connectivity index (χ3n) is 12.6. The number of hydrogen-bond donors (Lipinski definition) is 0. The van der Waals surface area contributed by atoms with Crippen LogP contribution in [0.25, 0.3) is 99.1 Å². The Balaban J connectivity index is 1.11. The molecule has 12 rings (SSSR count). The molecule has 0 saturated carbocycles. The first-order chi connectivity index (χ1) is 31.7. The molecule has 0 spiro atoms. The molecule has 0 N–H and O–H groups in total. The summed E-state index contributed by atoms with van der Waals surface area (Å²) in [6.45, 7) is 0. The van der Waals surface area contributed by atoms with E-state index in [0.717, 1.165) is 72.0 Å². The van der Waals surface area contributed by atoms with Crippen LogP contribution >= 0.6 is 0 Å². The van der Waals surface area contributed by atoms with Crippen LogP contribution in [0.4, 0.5) is 17.1 Å². The maximum absolute atomic E-state index is 7.29. The fourth-order valence-electron chi connectivity index (χ4n) is 9.51. The van der Waals surface area contributed by atoms with E-state index in [2.05, 4.69) is 254 Å². The third-order valence-corrected chi connectivity index (χ3v) is 12.6. The van der Waals surface area contributed by atoms with Gasteiger partial charge in [-0.15, -0.1) is 0 Å². The van der Waals surface area contributed by atoms with Crippen molar-refractivity contribution >= 4 is 60.5 Å². The second-order valence-electron chi connectivity index (χ2n) is 16.5. The van der Waals surface area contributed by atoms with Crippen molar-refractivity contribution in [1.29, 1.82) is 0 Å². The monoisotopic (exact) mass is 815 g/mol. The molecule has 0 aliphatic carbocycles. The lowest BCUT2D eigenvalue weighted by Crippen LogP contribution is -2.10. The Morgan fingerprint density at radius 2 is 0.750 bits per heavy atom. The van der Waals surface area contributed by atoms with Crippen LogP contribution < -0.4 is 4.90 Å². The van der Waals surface area contributed by atoms with Gasteiger partial charge in [-0.2, -0.15) is 0 Å². The number of anilines is 3. The number of fused-ring (bicyclic) bond motifs is 6. The second kappa shape index (κ2) is 15.8. The average molecular weight is 816 g/mol. The van der Waals surface area contributed by atoms with E-state index in [0.29, 0.717) is 0 Å². The number of furan rings is 1. The van der Waals surface area contributed by atoms with Gasteiger partial charge in [0, 0.05) is 38.5 Å². The lowest BCUT2D eigenvalue weighted by molar-refractivity contribution is 0.674. The van der Waals surface area contributed by atoms with Gasteiger partial charge in [-0.1, -0.05) is 194 Å². The summed E-state index contributed by atoms with van der Waals surface area (Å²) >= 11 is 0. The number of hydrogen-bond acceptors (Lipinski definition) is 2. The van der Waals surface area contributed by atoms with E-state index in [1.54, 1.807) is 0 Å². The van der Waals surface area contributed by atoms with Gasteiger partial charge in [0.05, 0.1) is 5.69 Å². The van der Waals surface area contributed by atoms with Gasteiger partial charge in [-0.3, -0.25) is 0 Å². The smallest absolute Gasteiger partial charge is 0.143 e. The Morgan fingerprint density at radius 1 is 0.266 bits per heavy atom. The first-order valence-electron chi connectivity index (χ1n) is 21.9. The maximum atomic E-state index is 7.29. The van der Waals surface area contributed by atoms with Crippen molar-refractivity contribution in [2.24, 2.45) is 0 Å². The SMILES string of the molecule is c1ccc(-c2ccc(N(c3ccc4ccccc4c3)c3cc4c5ccc(-c6cc(-c7ccccc7)cc(-c7ccccc7)c6)c(-c6ccccc6)c5oc4c4ccccc34)cc2)cc1. The van der Waals surface area contributed by atoms with E-state index in [-0.39, 0.29) is 0 Å². The minimum atomic E-state index is 0.872. The molecule has 0 aliphatic heterocycles. The highest BCUT2D eigenvalue weighted by Gasteiger charge is 2.24. The number of benzene rings is 11. The molecule has 300 valence electrons. The van der Waals surface area contributed by atoms with Crippen LogP contribution in [0, 0.1) is 0 Å². The van der Waals surface area contributed by atoms with Crippen molar-refractivity contribution in [1.82, 2.24) is 0 Å².